The van der Waals surface area contributed by atoms with E-state index in [0.29, 0.717) is 0 Å². The van der Waals surface area contributed by atoms with Crippen LogP contribution in [0, 0.1) is 17.8 Å². The molecule has 2 unspecified atom stereocenters. The number of amides is 1. The SMILES string of the molecule is CC(C)(C)OC(=O)N1CC2C(CBr)C2C1. The molecule has 1 aliphatic heterocycles. The Morgan fingerprint density at radius 3 is 2.33 bits per heavy atom. The molecule has 0 aromatic carbocycles. The van der Waals surface area contributed by atoms with Crippen LogP contribution < -0.4 is 0 Å². The number of nitrogens with zero attached hydrogens (tertiary/aromatic N) is 1. The fraction of sp³-hybridized carbons (Fsp3) is 0.909. The van der Waals surface area contributed by atoms with E-state index in [-0.39, 0.29) is 11.7 Å². The van der Waals surface area contributed by atoms with Crippen LogP contribution in [0.15, 0.2) is 0 Å². The zero-order valence-electron chi connectivity index (χ0n) is 9.50. The van der Waals surface area contributed by atoms with Crippen molar-refractivity contribution in [3.63, 3.8) is 0 Å². The van der Waals surface area contributed by atoms with Crippen LogP contribution in [0.25, 0.3) is 0 Å². The fourth-order valence-corrected chi connectivity index (χ4v) is 3.31. The van der Waals surface area contributed by atoms with Crippen LogP contribution in [0.2, 0.25) is 0 Å². The van der Waals surface area contributed by atoms with Gasteiger partial charge in [0.05, 0.1) is 0 Å². The second-order valence-electron chi connectivity index (χ2n) is 5.53. The van der Waals surface area contributed by atoms with E-state index in [1.807, 2.05) is 25.7 Å². The van der Waals surface area contributed by atoms with Crippen molar-refractivity contribution >= 4 is 22.0 Å². The molecule has 3 nitrogen and oxygen atoms in total. The molecule has 0 N–H and O–H groups in total. The number of alkyl halides is 1. The highest BCUT2D eigenvalue weighted by Crippen LogP contribution is 2.52. The molecule has 1 saturated carbocycles. The first kappa shape index (κ1) is 11.2. The first-order valence-corrected chi connectivity index (χ1v) is 6.58. The van der Waals surface area contributed by atoms with Gasteiger partial charge in [0.1, 0.15) is 5.60 Å². The van der Waals surface area contributed by atoms with Crippen molar-refractivity contribution in [2.45, 2.75) is 26.4 Å². The quantitative estimate of drug-likeness (QED) is 0.689. The zero-order chi connectivity index (χ0) is 11.2. The van der Waals surface area contributed by atoms with Gasteiger partial charge in [0.25, 0.3) is 0 Å². The topological polar surface area (TPSA) is 29.5 Å². The van der Waals surface area contributed by atoms with Crippen LogP contribution in [0.3, 0.4) is 0 Å². The van der Waals surface area contributed by atoms with Crippen LogP contribution in [-0.4, -0.2) is 35.0 Å². The number of halogens is 1. The Kier molecular flexibility index (Phi) is 2.73. The van der Waals surface area contributed by atoms with Crippen molar-refractivity contribution in [2.75, 3.05) is 18.4 Å². The Morgan fingerprint density at radius 2 is 1.93 bits per heavy atom. The van der Waals surface area contributed by atoms with Crippen molar-refractivity contribution in [3.05, 3.63) is 0 Å². The van der Waals surface area contributed by atoms with Gasteiger partial charge in [-0.25, -0.2) is 4.79 Å². The predicted molar refractivity (Wildman–Crippen MR) is 62.1 cm³/mol. The number of carbonyl (C=O) groups is 1. The molecule has 0 bridgehead atoms. The third kappa shape index (κ3) is 2.30. The number of hydrogen-bond acceptors (Lipinski definition) is 2. The summed E-state index contributed by atoms with van der Waals surface area (Å²) in [6.45, 7) is 7.49. The normalized spacial score (nSPS) is 33.9. The van der Waals surface area contributed by atoms with Gasteiger partial charge in [0.15, 0.2) is 0 Å². The lowest BCUT2D eigenvalue weighted by molar-refractivity contribution is 0.0267. The van der Waals surface area contributed by atoms with E-state index in [1.54, 1.807) is 0 Å². The van der Waals surface area contributed by atoms with Crippen LogP contribution in [0.4, 0.5) is 4.79 Å². The van der Waals surface area contributed by atoms with Crippen molar-refractivity contribution < 1.29 is 9.53 Å². The van der Waals surface area contributed by atoms with Crippen molar-refractivity contribution in [2.24, 2.45) is 17.8 Å². The Bertz CT molecular complexity index is 262. The molecule has 0 spiro atoms. The van der Waals surface area contributed by atoms with E-state index in [0.717, 1.165) is 36.2 Å². The number of hydrogen-bond donors (Lipinski definition) is 0. The third-order valence-electron chi connectivity index (χ3n) is 3.20. The Hall–Kier alpha value is -0.250. The van der Waals surface area contributed by atoms with E-state index in [9.17, 15) is 4.79 Å². The maximum Gasteiger partial charge on any atom is 0.410 e. The lowest BCUT2D eigenvalue weighted by Crippen LogP contribution is -2.37. The smallest absolute Gasteiger partial charge is 0.410 e. The molecule has 86 valence electrons. The van der Waals surface area contributed by atoms with Crippen molar-refractivity contribution in [1.82, 2.24) is 4.90 Å². The minimum absolute atomic E-state index is 0.150. The molecule has 15 heavy (non-hydrogen) atoms. The van der Waals surface area contributed by atoms with Gasteiger partial charge in [-0.15, -0.1) is 0 Å². The average molecular weight is 276 g/mol. The maximum atomic E-state index is 11.7. The molecule has 1 saturated heterocycles. The molecule has 2 rings (SSSR count). The number of fused-ring (bicyclic) bond motifs is 1. The molecule has 2 aliphatic rings. The Balaban J connectivity index is 1.82. The second-order valence-corrected chi connectivity index (χ2v) is 6.18. The maximum absolute atomic E-state index is 11.7. The number of rotatable bonds is 1. The van der Waals surface area contributed by atoms with Gasteiger partial charge in [-0.1, -0.05) is 15.9 Å². The number of carbonyl (C=O) groups excluding carboxylic acids is 1. The molecule has 4 heteroatoms. The summed E-state index contributed by atoms with van der Waals surface area (Å²) in [6, 6.07) is 0. The summed E-state index contributed by atoms with van der Waals surface area (Å²) in [5.41, 5.74) is -0.376. The molecule has 2 atom stereocenters. The fourth-order valence-electron chi connectivity index (χ4n) is 2.35. The summed E-state index contributed by atoms with van der Waals surface area (Å²) in [4.78, 5) is 13.6. The molecule has 0 aromatic rings. The highest BCUT2D eigenvalue weighted by atomic mass is 79.9. The number of ether oxygens (including phenoxy) is 1. The molecular weight excluding hydrogens is 258 g/mol. The number of piperidine rings is 1. The van der Waals surface area contributed by atoms with E-state index in [1.165, 1.54) is 0 Å². The average Bonchev–Trinajstić information content (AvgIpc) is 2.54. The third-order valence-corrected chi connectivity index (χ3v) is 3.95. The first-order valence-electron chi connectivity index (χ1n) is 5.46. The summed E-state index contributed by atoms with van der Waals surface area (Å²) in [5.74, 6) is 2.23. The van der Waals surface area contributed by atoms with Gasteiger partial charge in [0.2, 0.25) is 0 Å². The first-order chi connectivity index (χ1) is 6.92. The second kappa shape index (κ2) is 3.65. The molecule has 0 aromatic heterocycles. The van der Waals surface area contributed by atoms with E-state index >= 15 is 0 Å². The lowest BCUT2D eigenvalue weighted by atomic mass is 10.2. The molecule has 1 heterocycles. The molecule has 1 aliphatic carbocycles. The van der Waals surface area contributed by atoms with Crippen LogP contribution >= 0.6 is 15.9 Å². The van der Waals surface area contributed by atoms with Gasteiger partial charge in [-0.3, -0.25) is 0 Å². The summed E-state index contributed by atoms with van der Waals surface area (Å²) in [6.07, 6.45) is -0.150. The monoisotopic (exact) mass is 275 g/mol. The Morgan fingerprint density at radius 1 is 1.40 bits per heavy atom. The highest BCUT2D eigenvalue weighted by Gasteiger charge is 2.56. The van der Waals surface area contributed by atoms with E-state index in [4.69, 9.17) is 4.74 Å². The summed E-state index contributed by atoms with van der Waals surface area (Å²) in [5, 5.41) is 1.07. The van der Waals surface area contributed by atoms with Gasteiger partial charge < -0.3 is 9.64 Å². The predicted octanol–water partition coefficient (Wildman–Crippen LogP) is 2.49. The zero-order valence-corrected chi connectivity index (χ0v) is 11.1. The summed E-state index contributed by atoms with van der Waals surface area (Å²) >= 11 is 3.50. The van der Waals surface area contributed by atoms with Crippen LogP contribution in [0.5, 0.6) is 0 Å². The van der Waals surface area contributed by atoms with Crippen LogP contribution in [0.1, 0.15) is 20.8 Å². The Labute approximate surface area is 99.3 Å². The summed E-state index contributed by atoms with van der Waals surface area (Å²) < 4.78 is 5.33. The molecule has 2 fully saturated rings. The van der Waals surface area contributed by atoms with Gasteiger partial charge in [-0.05, 0) is 38.5 Å². The molecule has 0 radical (unpaired) electrons. The minimum Gasteiger partial charge on any atom is -0.444 e. The van der Waals surface area contributed by atoms with E-state index in [2.05, 4.69) is 15.9 Å². The lowest BCUT2D eigenvalue weighted by Gasteiger charge is -2.25. The van der Waals surface area contributed by atoms with Gasteiger partial charge in [-0.2, -0.15) is 0 Å². The van der Waals surface area contributed by atoms with Crippen molar-refractivity contribution in [3.8, 4) is 0 Å². The van der Waals surface area contributed by atoms with Gasteiger partial charge >= 0.3 is 6.09 Å². The van der Waals surface area contributed by atoms with Crippen molar-refractivity contribution in [1.29, 1.82) is 0 Å². The van der Waals surface area contributed by atoms with Crippen LogP contribution in [-0.2, 0) is 4.74 Å². The van der Waals surface area contributed by atoms with E-state index < -0.39 is 0 Å². The number of likely N-dealkylation sites (tertiary alicyclic amines) is 1. The molecular formula is C11H18BrNO2. The highest BCUT2D eigenvalue weighted by molar-refractivity contribution is 9.09. The summed E-state index contributed by atoms with van der Waals surface area (Å²) in [7, 11) is 0. The molecule has 1 amide bonds. The minimum atomic E-state index is -0.376. The van der Waals surface area contributed by atoms with Gasteiger partial charge in [0, 0.05) is 18.4 Å². The standard InChI is InChI=1S/C11H18BrNO2/c1-11(2,3)15-10(14)13-5-8-7(4-12)9(8)6-13/h7-9H,4-6H2,1-3H3. The largest absolute Gasteiger partial charge is 0.444 e.